The Labute approximate surface area is 120 Å². The zero-order chi connectivity index (χ0) is 14.1. The summed E-state index contributed by atoms with van der Waals surface area (Å²) in [5.41, 5.74) is 10.2. The van der Waals surface area contributed by atoms with E-state index in [2.05, 4.69) is 35.5 Å². The summed E-state index contributed by atoms with van der Waals surface area (Å²) in [4.78, 5) is 8.88. The summed E-state index contributed by atoms with van der Waals surface area (Å²) in [7, 11) is 0. The van der Waals surface area contributed by atoms with Gasteiger partial charge in [-0.1, -0.05) is 0 Å². The van der Waals surface area contributed by atoms with E-state index in [1.807, 2.05) is 12.4 Å². The van der Waals surface area contributed by atoms with Crippen molar-refractivity contribution in [1.82, 2.24) is 14.5 Å². The molecule has 2 unspecified atom stereocenters. The molecule has 2 heterocycles. The summed E-state index contributed by atoms with van der Waals surface area (Å²) >= 11 is 0. The Morgan fingerprint density at radius 3 is 2.60 bits per heavy atom. The van der Waals surface area contributed by atoms with Crippen molar-refractivity contribution in [1.29, 1.82) is 0 Å². The van der Waals surface area contributed by atoms with Crippen LogP contribution in [0.25, 0.3) is 0 Å². The average Bonchev–Trinajstić information content (AvgIpc) is 2.77. The van der Waals surface area contributed by atoms with Crippen LogP contribution in [-0.2, 0) is 12.8 Å². The van der Waals surface area contributed by atoms with Gasteiger partial charge in [-0.15, -0.1) is 0 Å². The minimum absolute atomic E-state index is 0.0383. The van der Waals surface area contributed by atoms with Gasteiger partial charge in [0.25, 0.3) is 0 Å². The Morgan fingerprint density at radius 1 is 1.20 bits per heavy atom. The molecular formula is C16H22N4. The fourth-order valence-corrected chi connectivity index (χ4v) is 3.32. The van der Waals surface area contributed by atoms with Gasteiger partial charge in [0.05, 0.1) is 11.7 Å². The molecule has 0 spiro atoms. The van der Waals surface area contributed by atoms with Crippen molar-refractivity contribution >= 4 is 0 Å². The van der Waals surface area contributed by atoms with E-state index >= 15 is 0 Å². The summed E-state index contributed by atoms with van der Waals surface area (Å²) in [6, 6.07) is 4.30. The molecule has 2 aromatic rings. The van der Waals surface area contributed by atoms with Crippen LogP contribution in [0.4, 0.5) is 0 Å². The number of aromatic nitrogens is 3. The first-order valence-electron chi connectivity index (χ1n) is 7.40. The molecule has 0 aliphatic heterocycles. The second kappa shape index (κ2) is 5.37. The molecule has 4 nitrogen and oxygen atoms in total. The lowest BCUT2D eigenvalue weighted by Crippen LogP contribution is -2.32. The first-order valence-corrected chi connectivity index (χ1v) is 7.40. The van der Waals surface area contributed by atoms with E-state index in [0.717, 1.165) is 18.7 Å². The van der Waals surface area contributed by atoms with Gasteiger partial charge in [0.1, 0.15) is 5.82 Å². The highest BCUT2D eigenvalue weighted by Gasteiger charge is 2.26. The van der Waals surface area contributed by atoms with Gasteiger partial charge in [-0.25, -0.2) is 4.98 Å². The predicted octanol–water partition coefficient (Wildman–Crippen LogP) is 2.40. The molecule has 1 aliphatic rings. The third-order valence-corrected chi connectivity index (χ3v) is 4.17. The van der Waals surface area contributed by atoms with Crippen molar-refractivity contribution in [2.45, 2.75) is 51.6 Å². The van der Waals surface area contributed by atoms with Gasteiger partial charge < -0.3 is 10.3 Å². The molecule has 106 valence electrons. The Kier molecular flexibility index (Phi) is 3.57. The molecule has 1 aliphatic carbocycles. The number of rotatable bonds is 3. The van der Waals surface area contributed by atoms with Gasteiger partial charge in [0.2, 0.25) is 0 Å². The standard InChI is InChI=1S/C16H22N4/c1-11(17)16(13-7-9-18-10-8-13)20-12(2)19-14-5-3-4-6-15(14)20/h7-11,16H,3-6,17H2,1-2H3. The fourth-order valence-electron chi connectivity index (χ4n) is 3.32. The first kappa shape index (κ1) is 13.3. The highest BCUT2D eigenvalue weighted by atomic mass is 15.1. The van der Waals surface area contributed by atoms with Crippen LogP contribution in [0.15, 0.2) is 24.5 Å². The van der Waals surface area contributed by atoms with Gasteiger partial charge in [-0.2, -0.15) is 0 Å². The minimum atomic E-state index is 0.0383. The van der Waals surface area contributed by atoms with Gasteiger partial charge >= 0.3 is 0 Å². The SMILES string of the molecule is Cc1nc2c(n1C(c1ccncc1)C(C)N)CCCC2. The number of imidazole rings is 1. The van der Waals surface area contributed by atoms with Crippen molar-refractivity contribution in [3.63, 3.8) is 0 Å². The molecule has 20 heavy (non-hydrogen) atoms. The number of hydrogen-bond acceptors (Lipinski definition) is 3. The molecule has 0 fully saturated rings. The van der Waals surface area contributed by atoms with E-state index in [9.17, 15) is 0 Å². The lowest BCUT2D eigenvalue weighted by atomic mass is 9.97. The molecule has 0 saturated carbocycles. The van der Waals surface area contributed by atoms with Crippen LogP contribution >= 0.6 is 0 Å². The summed E-state index contributed by atoms with van der Waals surface area (Å²) in [6.07, 6.45) is 8.39. The van der Waals surface area contributed by atoms with E-state index in [1.165, 1.54) is 29.8 Å². The maximum Gasteiger partial charge on any atom is 0.106 e. The van der Waals surface area contributed by atoms with Crippen LogP contribution in [-0.4, -0.2) is 20.6 Å². The predicted molar refractivity (Wildman–Crippen MR) is 79.6 cm³/mol. The molecule has 2 N–H and O–H groups in total. The highest BCUT2D eigenvalue weighted by molar-refractivity contribution is 5.27. The van der Waals surface area contributed by atoms with Gasteiger partial charge in [0.15, 0.2) is 0 Å². The van der Waals surface area contributed by atoms with Crippen LogP contribution in [0.2, 0.25) is 0 Å². The van der Waals surface area contributed by atoms with Crippen LogP contribution in [0.3, 0.4) is 0 Å². The summed E-state index contributed by atoms with van der Waals surface area (Å²) in [6.45, 7) is 4.16. The number of hydrogen-bond donors (Lipinski definition) is 1. The summed E-state index contributed by atoms with van der Waals surface area (Å²) in [5.74, 6) is 1.08. The molecule has 2 atom stereocenters. The molecule has 2 aromatic heterocycles. The maximum absolute atomic E-state index is 6.29. The van der Waals surface area contributed by atoms with Crippen LogP contribution < -0.4 is 5.73 Å². The fraction of sp³-hybridized carbons (Fsp3) is 0.500. The van der Waals surface area contributed by atoms with Crippen molar-refractivity contribution in [3.8, 4) is 0 Å². The molecule has 4 heteroatoms. The zero-order valence-electron chi connectivity index (χ0n) is 12.2. The minimum Gasteiger partial charge on any atom is -0.326 e. The van der Waals surface area contributed by atoms with Crippen molar-refractivity contribution in [2.24, 2.45) is 5.73 Å². The smallest absolute Gasteiger partial charge is 0.106 e. The molecule has 0 amide bonds. The van der Waals surface area contributed by atoms with E-state index in [4.69, 9.17) is 10.7 Å². The summed E-state index contributed by atoms with van der Waals surface area (Å²) < 4.78 is 2.36. The third kappa shape index (κ3) is 2.24. The monoisotopic (exact) mass is 270 g/mol. The largest absolute Gasteiger partial charge is 0.326 e. The molecule has 0 aromatic carbocycles. The number of fused-ring (bicyclic) bond motifs is 1. The van der Waals surface area contributed by atoms with E-state index in [-0.39, 0.29) is 12.1 Å². The van der Waals surface area contributed by atoms with E-state index in [1.54, 1.807) is 0 Å². The zero-order valence-corrected chi connectivity index (χ0v) is 12.2. The quantitative estimate of drug-likeness (QED) is 0.931. The van der Waals surface area contributed by atoms with Gasteiger partial charge in [-0.05, 0) is 57.2 Å². The Morgan fingerprint density at radius 2 is 1.90 bits per heavy atom. The molecular weight excluding hydrogens is 248 g/mol. The second-order valence-electron chi connectivity index (χ2n) is 5.71. The van der Waals surface area contributed by atoms with E-state index in [0.29, 0.717) is 0 Å². The van der Waals surface area contributed by atoms with Crippen LogP contribution in [0, 0.1) is 6.92 Å². The summed E-state index contributed by atoms with van der Waals surface area (Å²) in [5, 5.41) is 0. The van der Waals surface area contributed by atoms with Crippen molar-refractivity contribution in [3.05, 3.63) is 47.3 Å². The van der Waals surface area contributed by atoms with Crippen molar-refractivity contribution in [2.75, 3.05) is 0 Å². The molecule has 0 bridgehead atoms. The second-order valence-corrected chi connectivity index (χ2v) is 5.71. The van der Waals surface area contributed by atoms with Gasteiger partial charge in [-0.3, -0.25) is 4.98 Å². The average molecular weight is 270 g/mol. The third-order valence-electron chi connectivity index (χ3n) is 4.17. The van der Waals surface area contributed by atoms with Crippen LogP contribution in [0.1, 0.15) is 48.6 Å². The van der Waals surface area contributed by atoms with Gasteiger partial charge in [0, 0.05) is 24.1 Å². The lowest BCUT2D eigenvalue weighted by molar-refractivity contribution is 0.465. The maximum atomic E-state index is 6.29. The number of nitrogens with zero attached hydrogens (tertiary/aromatic N) is 3. The highest BCUT2D eigenvalue weighted by Crippen LogP contribution is 2.30. The molecule has 3 rings (SSSR count). The normalized spacial score (nSPS) is 17.6. The Hall–Kier alpha value is -1.68. The first-order chi connectivity index (χ1) is 9.68. The van der Waals surface area contributed by atoms with E-state index < -0.39 is 0 Å². The Balaban J connectivity index is 2.11. The number of nitrogens with two attached hydrogens (primary N) is 1. The molecule has 0 radical (unpaired) electrons. The lowest BCUT2D eigenvalue weighted by Gasteiger charge is -2.27. The number of aryl methyl sites for hydroxylation is 2. The topological polar surface area (TPSA) is 56.7 Å². The molecule has 0 saturated heterocycles. The Bertz CT molecular complexity index is 586. The van der Waals surface area contributed by atoms with Crippen molar-refractivity contribution < 1.29 is 0 Å². The van der Waals surface area contributed by atoms with Crippen LogP contribution in [0.5, 0.6) is 0 Å². The number of pyridine rings is 1.